The van der Waals surface area contributed by atoms with E-state index in [1.807, 2.05) is 67.6 Å². The molecule has 2 amide bonds. The molecule has 0 aliphatic heterocycles. The van der Waals surface area contributed by atoms with Crippen molar-refractivity contribution in [3.05, 3.63) is 101 Å². The van der Waals surface area contributed by atoms with E-state index in [9.17, 15) is 14.7 Å². The standard InChI is InChI=1S/C32H30N4O3S/c1-20-7-6-8-21(15-20)19-33-32(39)36-27(22-9-2-3-10-22)18-26(35-36)25-17-24(13-14-28(25)37)34-31(38)30-16-23-11-4-5-12-29(23)40-30/h4-8,11-18,22,37H,2-3,9-10,19H2,1H3,(H,33,39)(H,34,38). The molecule has 2 aromatic heterocycles. The van der Waals surface area contributed by atoms with Crippen molar-refractivity contribution in [2.24, 2.45) is 0 Å². The molecule has 0 atom stereocenters. The maximum absolute atomic E-state index is 13.3. The molecule has 6 rings (SSSR count). The van der Waals surface area contributed by atoms with E-state index < -0.39 is 0 Å². The van der Waals surface area contributed by atoms with E-state index >= 15 is 0 Å². The van der Waals surface area contributed by atoms with Gasteiger partial charge in [-0.15, -0.1) is 11.3 Å². The predicted molar refractivity (Wildman–Crippen MR) is 159 cm³/mol. The summed E-state index contributed by atoms with van der Waals surface area (Å²) in [4.78, 5) is 26.9. The van der Waals surface area contributed by atoms with Crippen molar-refractivity contribution in [1.29, 1.82) is 0 Å². The number of aryl methyl sites for hydroxylation is 1. The second-order valence-electron chi connectivity index (χ2n) is 10.3. The molecule has 5 aromatic rings. The first kappa shape index (κ1) is 25.8. The molecule has 7 nitrogen and oxygen atoms in total. The minimum atomic E-state index is -0.302. The highest BCUT2D eigenvalue weighted by molar-refractivity contribution is 7.20. The third kappa shape index (κ3) is 5.35. The minimum Gasteiger partial charge on any atom is -0.507 e. The van der Waals surface area contributed by atoms with Crippen molar-refractivity contribution in [3.63, 3.8) is 0 Å². The van der Waals surface area contributed by atoms with Crippen LogP contribution < -0.4 is 10.6 Å². The number of amides is 2. The van der Waals surface area contributed by atoms with Gasteiger partial charge in [0.15, 0.2) is 0 Å². The van der Waals surface area contributed by atoms with E-state index in [0.29, 0.717) is 28.4 Å². The smallest absolute Gasteiger partial charge is 0.342 e. The first-order valence-electron chi connectivity index (χ1n) is 13.5. The number of rotatable bonds is 6. The fraction of sp³-hybridized carbons (Fsp3) is 0.219. The van der Waals surface area contributed by atoms with Gasteiger partial charge in [0.2, 0.25) is 0 Å². The molecule has 202 valence electrons. The SMILES string of the molecule is Cc1cccc(CNC(=O)n2nc(-c3cc(NC(=O)c4cc5ccccc5s4)ccc3O)cc2C2CCCC2)c1. The van der Waals surface area contributed by atoms with Crippen LogP contribution in [0.5, 0.6) is 5.75 Å². The summed E-state index contributed by atoms with van der Waals surface area (Å²) in [5.74, 6) is 0.0390. The lowest BCUT2D eigenvalue weighted by Gasteiger charge is -2.12. The molecular weight excluding hydrogens is 520 g/mol. The maximum Gasteiger partial charge on any atom is 0.342 e. The number of hydrogen-bond acceptors (Lipinski definition) is 5. The van der Waals surface area contributed by atoms with Crippen LogP contribution in [0.2, 0.25) is 0 Å². The van der Waals surface area contributed by atoms with Crippen LogP contribution in [0.15, 0.2) is 78.9 Å². The lowest BCUT2D eigenvalue weighted by Crippen LogP contribution is -2.30. The van der Waals surface area contributed by atoms with Crippen molar-refractivity contribution in [1.82, 2.24) is 15.1 Å². The van der Waals surface area contributed by atoms with Gasteiger partial charge in [0.05, 0.1) is 16.3 Å². The number of nitrogens with zero attached hydrogens (tertiary/aromatic N) is 2. The Hall–Kier alpha value is -4.43. The Morgan fingerprint density at radius 2 is 1.82 bits per heavy atom. The van der Waals surface area contributed by atoms with E-state index in [4.69, 9.17) is 0 Å². The number of carbonyl (C=O) groups is 2. The van der Waals surface area contributed by atoms with E-state index in [1.165, 1.54) is 16.0 Å². The van der Waals surface area contributed by atoms with E-state index in [2.05, 4.69) is 15.7 Å². The quantitative estimate of drug-likeness (QED) is 0.191. The highest BCUT2D eigenvalue weighted by Gasteiger charge is 2.26. The number of benzene rings is 3. The lowest BCUT2D eigenvalue weighted by molar-refractivity contribution is 0.103. The highest BCUT2D eigenvalue weighted by atomic mass is 32.1. The molecule has 0 spiro atoms. The number of phenols is 1. The summed E-state index contributed by atoms with van der Waals surface area (Å²) in [5.41, 5.74) is 4.48. The zero-order valence-corrected chi connectivity index (χ0v) is 23.0. The number of anilines is 1. The van der Waals surface area contributed by atoms with Gasteiger partial charge in [-0.2, -0.15) is 9.78 Å². The van der Waals surface area contributed by atoms with Crippen molar-refractivity contribution in [3.8, 4) is 17.0 Å². The number of phenolic OH excluding ortho intramolecular Hbond substituents is 1. The Bertz CT molecular complexity index is 1680. The van der Waals surface area contributed by atoms with Crippen LogP contribution in [-0.2, 0) is 6.54 Å². The Morgan fingerprint density at radius 1 is 1.00 bits per heavy atom. The van der Waals surface area contributed by atoms with Crippen LogP contribution >= 0.6 is 11.3 Å². The fourth-order valence-electron chi connectivity index (χ4n) is 5.38. The van der Waals surface area contributed by atoms with Gasteiger partial charge < -0.3 is 15.7 Å². The summed E-state index contributed by atoms with van der Waals surface area (Å²) in [6.07, 6.45) is 4.21. The zero-order valence-electron chi connectivity index (χ0n) is 22.2. The average molecular weight is 551 g/mol. The molecule has 0 radical (unpaired) electrons. The second kappa shape index (κ2) is 11.0. The molecule has 1 fully saturated rings. The van der Waals surface area contributed by atoms with Gasteiger partial charge in [-0.1, -0.05) is 60.9 Å². The number of fused-ring (bicyclic) bond motifs is 1. The monoisotopic (exact) mass is 550 g/mol. The van der Waals surface area contributed by atoms with Crippen molar-refractivity contribution < 1.29 is 14.7 Å². The minimum absolute atomic E-state index is 0.0302. The predicted octanol–water partition coefficient (Wildman–Crippen LogP) is 7.45. The number of nitrogens with one attached hydrogen (secondary N) is 2. The van der Waals surface area contributed by atoms with Crippen molar-refractivity contribution in [2.45, 2.75) is 45.1 Å². The van der Waals surface area contributed by atoms with Gasteiger partial charge in [0.1, 0.15) is 5.75 Å². The summed E-state index contributed by atoms with van der Waals surface area (Å²) >= 11 is 1.43. The Morgan fingerprint density at radius 3 is 2.62 bits per heavy atom. The summed E-state index contributed by atoms with van der Waals surface area (Å²) in [6, 6.07) is 24.3. The van der Waals surface area contributed by atoms with Gasteiger partial charge in [0.25, 0.3) is 5.91 Å². The molecular formula is C32H30N4O3S. The van der Waals surface area contributed by atoms with Crippen molar-refractivity contribution >= 4 is 39.0 Å². The zero-order chi connectivity index (χ0) is 27.6. The number of aromatic hydroxyl groups is 1. The molecule has 0 bridgehead atoms. The van der Waals surface area contributed by atoms with Crippen LogP contribution in [0.1, 0.15) is 58.1 Å². The number of aromatic nitrogens is 2. The van der Waals surface area contributed by atoms with E-state index in [0.717, 1.165) is 52.6 Å². The largest absolute Gasteiger partial charge is 0.507 e. The lowest BCUT2D eigenvalue weighted by atomic mass is 10.0. The molecule has 1 aliphatic carbocycles. The topological polar surface area (TPSA) is 96.3 Å². The third-order valence-corrected chi connectivity index (χ3v) is 8.52. The van der Waals surface area contributed by atoms with E-state index in [-0.39, 0.29) is 23.6 Å². The molecule has 8 heteroatoms. The van der Waals surface area contributed by atoms with Gasteiger partial charge in [0, 0.05) is 28.4 Å². The Kier molecular flexibility index (Phi) is 7.09. The molecule has 3 N–H and O–H groups in total. The van der Waals surface area contributed by atoms with Gasteiger partial charge >= 0.3 is 6.03 Å². The molecule has 40 heavy (non-hydrogen) atoms. The number of thiophene rings is 1. The molecule has 0 saturated heterocycles. The molecule has 3 aromatic carbocycles. The normalized spacial score (nSPS) is 13.5. The Balaban J connectivity index is 1.27. The van der Waals surface area contributed by atoms with Gasteiger partial charge in [-0.25, -0.2) is 4.79 Å². The summed E-state index contributed by atoms with van der Waals surface area (Å²) in [7, 11) is 0. The fourth-order valence-corrected chi connectivity index (χ4v) is 6.34. The van der Waals surface area contributed by atoms with Crippen molar-refractivity contribution in [2.75, 3.05) is 5.32 Å². The third-order valence-electron chi connectivity index (χ3n) is 7.41. The van der Waals surface area contributed by atoms with Crippen LogP contribution in [0.3, 0.4) is 0 Å². The average Bonchev–Trinajstić information content (AvgIpc) is 3.72. The molecule has 1 aliphatic rings. The second-order valence-corrected chi connectivity index (χ2v) is 11.4. The van der Waals surface area contributed by atoms with E-state index in [1.54, 1.807) is 18.2 Å². The maximum atomic E-state index is 13.3. The van der Waals surface area contributed by atoms with Crippen LogP contribution in [0.4, 0.5) is 10.5 Å². The van der Waals surface area contributed by atoms with Gasteiger partial charge in [-0.3, -0.25) is 4.79 Å². The number of hydrogen-bond donors (Lipinski definition) is 3. The Labute approximate surface area is 236 Å². The van der Waals surface area contributed by atoms with Crippen LogP contribution in [0.25, 0.3) is 21.3 Å². The first-order chi connectivity index (χ1) is 19.4. The summed E-state index contributed by atoms with van der Waals surface area (Å²) in [5, 5.41) is 22.4. The summed E-state index contributed by atoms with van der Waals surface area (Å²) in [6.45, 7) is 2.42. The first-order valence-corrected chi connectivity index (χ1v) is 14.3. The van der Waals surface area contributed by atoms with Crippen LogP contribution in [0, 0.1) is 6.92 Å². The highest BCUT2D eigenvalue weighted by Crippen LogP contribution is 2.38. The molecule has 1 saturated carbocycles. The summed E-state index contributed by atoms with van der Waals surface area (Å²) < 4.78 is 2.49. The van der Waals surface area contributed by atoms with Crippen LogP contribution in [-0.4, -0.2) is 26.8 Å². The molecule has 2 heterocycles. The van der Waals surface area contributed by atoms with Gasteiger partial charge in [-0.05, 0) is 67.1 Å². The molecule has 0 unspecified atom stereocenters. The number of carbonyl (C=O) groups excluding carboxylic acids is 2.